The largest absolute Gasteiger partial charge is 0.416 e. The predicted octanol–water partition coefficient (Wildman–Crippen LogP) is 3.92. The molecular weight excluding hydrogens is 364 g/mol. The first-order valence-corrected chi connectivity index (χ1v) is 6.24. The lowest BCUT2D eigenvalue weighted by Gasteiger charge is -2.19. The molecule has 0 fully saturated rings. The zero-order valence-corrected chi connectivity index (χ0v) is 11.8. The summed E-state index contributed by atoms with van der Waals surface area (Å²) in [4.78, 5) is 11.9. The van der Waals surface area contributed by atoms with Crippen LogP contribution in [0.4, 0.5) is 40.8 Å². The number of alkyl halides is 3. The van der Waals surface area contributed by atoms with Crippen molar-refractivity contribution in [3.05, 3.63) is 64.5 Å². The molecule has 0 saturated carbocycles. The van der Waals surface area contributed by atoms with Crippen LogP contribution >= 0.6 is 0 Å². The molecule has 0 bridgehead atoms. The molecule has 2 aromatic carbocycles. The quantitative estimate of drug-likeness (QED) is 0.218. The molecule has 0 aliphatic rings. The fourth-order valence-electron chi connectivity index (χ4n) is 1.86. The van der Waals surface area contributed by atoms with Crippen molar-refractivity contribution in [1.82, 2.24) is 0 Å². The van der Waals surface area contributed by atoms with E-state index in [1.807, 2.05) is 0 Å². The summed E-state index contributed by atoms with van der Waals surface area (Å²) in [5, 5.41) is -0.159. The van der Waals surface area contributed by atoms with Crippen molar-refractivity contribution in [2.24, 2.45) is 5.84 Å². The van der Waals surface area contributed by atoms with Crippen LogP contribution in [0.3, 0.4) is 0 Å². The van der Waals surface area contributed by atoms with Gasteiger partial charge in [0.2, 0.25) is 5.82 Å². The highest BCUT2D eigenvalue weighted by Crippen LogP contribution is 2.32. The van der Waals surface area contributed by atoms with E-state index < -0.39 is 58.0 Å². The lowest BCUT2D eigenvalue weighted by atomic mass is 10.1. The minimum atomic E-state index is -4.81. The highest BCUT2D eigenvalue weighted by molar-refractivity contribution is 6.05. The van der Waals surface area contributed by atoms with E-state index in [0.717, 1.165) is 12.1 Å². The smallest absolute Gasteiger partial charge is 0.267 e. The van der Waals surface area contributed by atoms with Gasteiger partial charge in [-0.1, -0.05) is 6.07 Å². The molecule has 11 heteroatoms. The molecule has 1 amide bonds. The molecule has 0 radical (unpaired) electrons. The predicted molar refractivity (Wildman–Crippen MR) is 68.7 cm³/mol. The van der Waals surface area contributed by atoms with Crippen molar-refractivity contribution < 1.29 is 39.9 Å². The molecule has 0 saturated heterocycles. The third-order valence-corrected chi connectivity index (χ3v) is 3.09. The van der Waals surface area contributed by atoms with E-state index in [1.54, 1.807) is 0 Å². The number of anilines is 1. The first-order chi connectivity index (χ1) is 11.5. The van der Waals surface area contributed by atoms with Crippen LogP contribution in [0.2, 0.25) is 0 Å². The van der Waals surface area contributed by atoms with Crippen LogP contribution in [-0.2, 0) is 6.18 Å². The van der Waals surface area contributed by atoms with E-state index in [9.17, 15) is 39.9 Å². The van der Waals surface area contributed by atoms with Gasteiger partial charge in [0.25, 0.3) is 5.91 Å². The summed E-state index contributed by atoms with van der Waals surface area (Å²) >= 11 is 0. The van der Waals surface area contributed by atoms with Crippen molar-refractivity contribution in [2.75, 3.05) is 5.01 Å². The average Bonchev–Trinajstić information content (AvgIpc) is 2.57. The number of nitrogens with zero attached hydrogens (tertiary/aromatic N) is 1. The zero-order chi connectivity index (χ0) is 19.1. The maximum absolute atomic E-state index is 13.6. The van der Waals surface area contributed by atoms with Gasteiger partial charge in [-0.05, 0) is 18.2 Å². The van der Waals surface area contributed by atoms with Gasteiger partial charge in [-0.15, -0.1) is 0 Å². The Hall–Kier alpha value is -2.69. The molecule has 0 heterocycles. The molecule has 2 N–H and O–H groups in total. The standard InChI is InChI=1S/C14H6F8N2O/c15-8-7(9(16)11(18)12(19)10(8)17)13(25)24(23)6-3-1-2-5(4-6)14(20,21)22/h1-4H,23H2. The molecule has 3 nitrogen and oxygen atoms in total. The number of benzene rings is 2. The van der Waals surface area contributed by atoms with Gasteiger partial charge >= 0.3 is 6.18 Å². The summed E-state index contributed by atoms with van der Waals surface area (Å²) in [7, 11) is 0. The fraction of sp³-hybridized carbons (Fsp3) is 0.0714. The second-order valence-electron chi connectivity index (χ2n) is 4.67. The van der Waals surface area contributed by atoms with Crippen molar-refractivity contribution in [2.45, 2.75) is 6.18 Å². The Labute approximate surface area is 134 Å². The molecule has 134 valence electrons. The van der Waals surface area contributed by atoms with E-state index in [-0.39, 0.29) is 5.01 Å². The highest BCUT2D eigenvalue weighted by atomic mass is 19.4. The van der Waals surface area contributed by atoms with E-state index in [2.05, 4.69) is 0 Å². The zero-order valence-electron chi connectivity index (χ0n) is 11.8. The molecule has 0 atom stereocenters. The van der Waals surface area contributed by atoms with Crippen molar-refractivity contribution in [3.63, 3.8) is 0 Å². The van der Waals surface area contributed by atoms with Crippen molar-refractivity contribution >= 4 is 11.6 Å². The summed E-state index contributed by atoms with van der Waals surface area (Å²) in [6, 6.07) is 2.70. The SMILES string of the molecule is NN(C(=O)c1c(F)c(F)c(F)c(F)c1F)c1cccc(C(F)(F)F)c1. The van der Waals surface area contributed by atoms with Gasteiger partial charge in [0.05, 0.1) is 11.3 Å². The molecule has 2 rings (SSSR count). The first-order valence-electron chi connectivity index (χ1n) is 6.24. The van der Waals surface area contributed by atoms with Gasteiger partial charge in [-0.2, -0.15) is 13.2 Å². The number of hydrazine groups is 1. The average molecular weight is 370 g/mol. The van der Waals surface area contributed by atoms with Crippen LogP contribution in [0.5, 0.6) is 0 Å². The first kappa shape index (κ1) is 18.6. The Morgan fingerprint density at radius 3 is 1.84 bits per heavy atom. The van der Waals surface area contributed by atoms with E-state index in [1.165, 1.54) is 0 Å². The van der Waals surface area contributed by atoms with Gasteiger partial charge in [0, 0.05) is 0 Å². The second-order valence-corrected chi connectivity index (χ2v) is 4.67. The maximum atomic E-state index is 13.6. The lowest BCUT2D eigenvalue weighted by molar-refractivity contribution is -0.137. The number of halogens is 8. The number of rotatable bonds is 2. The molecule has 2 aromatic rings. The molecule has 0 spiro atoms. The number of carbonyl (C=O) groups is 1. The minimum absolute atomic E-state index is 0.159. The van der Waals surface area contributed by atoms with Gasteiger partial charge in [-0.25, -0.2) is 32.8 Å². The number of amides is 1. The Bertz CT molecular complexity index is 820. The van der Waals surface area contributed by atoms with Crippen LogP contribution in [0.25, 0.3) is 0 Å². The Morgan fingerprint density at radius 2 is 1.36 bits per heavy atom. The van der Waals surface area contributed by atoms with Gasteiger partial charge in [0.1, 0.15) is 5.56 Å². The fourth-order valence-corrected chi connectivity index (χ4v) is 1.86. The molecule has 0 aliphatic carbocycles. The van der Waals surface area contributed by atoms with Crippen molar-refractivity contribution in [3.8, 4) is 0 Å². The van der Waals surface area contributed by atoms with Crippen LogP contribution in [0.1, 0.15) is 15.9 Å². The summed E-state index contributed by atoms with van der Waals surface area (Å²) in [5.41, 5.74) is -3.81. The van der Waals surface area contributed by atoms with E-state index in [0.29, 0.717) is 12.1 Å². The second kappa shape index (κ2) is 6.31. The lowest BCUT2D eigenvalue weighted by Crippen LogP contribution is -2.39. The van der Waals surface area contributed by atoms with E-state index >= 15 is 0 Å². The van der Waals surface area contributed by atoms with Gasteiger partial charge in [0.15, 0.2) is 23.3 Å². The number of hydrogen-bond donors (Lipinski definition) is 1. The third kappa shape index (κ3) is 3.27. The Kier molecular flexibility index (Phi) is 4.71. The topological polar surface area (TPSA) is 46.3 Å². The van der Waals surface area contributed by atoms with Crippen LogP contribution in [0.15, 0.2) is 24.3 Å². The van der Waals surface area contributed by atoms with Crippen molar-refractivity contribution in [1.29, 1.82) is 0 Å². The monoisotopic (exact) mass is 370 g/mol. The molecule has 0 unspecified atom stereocenters. The number of carbonyl (C=O) groups excluding carboxylic acids is 1. The molecular formula is C14H6F8N2O. The number of hydrogen-bond acceptors (Lipinski definition) is 2. The summed E-state index contributed by atoms with van der Waals surface area (Å²) < 4.78 is 104. The molecule has 0 aliphatic heterocycles. The van der Waals surface area contributed by atoms with Gasteiger partial charge in [-0.3, -0.25) is 4.79 Å². The van der Waals surface area contributed by atoms with E-state index in [4.69, 9.17) is 5.84 Å². The summed E-state index contributed by atoms with van der Waals surface area (Å²) in [6.45, 7) is 0. The van der Waals surface area contributed by atoms with Crippen LogP contribution < -0.4 is 10.9 Å². The minimum Gasteiger partial charge on any atom is -0.267 e. The molecule has 0 aromatic heterocycles. The van der Waals surface area contributed by atoms with Crippen LogP contribution in [-0.4, -0.2) is 5.91 Å². The Morgan fingerprint density at radius 1 is 0.880 bits per heavy atom. The highest BCUT2D eigenvalue weighted by Gasteiger charge is 2.34. The normalized spacial score (nSPS) is 11.6. The van der Waals surface area contributed by atoms with Crippen LogP contribution in [0, 0.1) is 29.1 Å². The number of nitrogens with two attached hydrogens (primary N) is 1. The van der Waals surface area contributed by atoms with Gasteiger partial charge < -0.3 is 0 Å². The summed E-state index contributed by atoms with van der Waals surface area (Å²) in [6.07, 6.45) is -4.81. The third-order valence-electron chi connectivity index (χ3n) is 3.09. The molecule has 25 heavy (non-hydrogen) atoms. The maximum Gasteiger partial charge on any atom is 0.416 e. The summed E-state index contributed by atoms with van der Waals surface area (Å²) in [5.74, 6) is -8.90. The Balaban J connectivity index is 2.53.